The molecule has 35 heavy (non-hydrogen) atoms. The first-order valence-corrected chi connectivity index (χ1v) is 13.6. The smallest absolute Gasteiger partial charge is 0.323 e. The Morgan fingerprint density at radius 2 is 1.71 bits per heavy atom. The van der Waals surface area contributed by atoms with Crippen molar-refractivity contribution in [1.82, 2.24) is 10.3 Å². The Kier molecular flexibility index (Phi) is 5.10. The molecular formula is C31H36N2O2. The van der Waals surface area contributed by atoms with Crippen LogP contribution in [0.4, 0.5) is 0 Å². The van der Waals surface area contributed by atoms with E-state index in [2.05, 4.69) is 35.4 Å². The fourth-order valence-corrected chi connectivity index (χ4v) is 8.60. The summed E-state index contributed by atoms with van der Waals surface area (Å²) in [7, 11) is 0. The molecule has 4 nitrogen and oxygen atoms in total. The molecule has 0 radical (unpaired) electrons. The Morgan fingerprint density at radius 3 is 2.43 bits per heavy atom. The number of fused-ring (bicyclic) bond motifs is 3. The second-order valence-electron chi connectivity index (χ2n) is 12.3. The van der Waals surface area contributed by atoms with Crippen LogP contribution < -0.4 is 5.32 Å². The van der Waals surface area contributed by atoms with Crippen LogP contribution in [0.1, 0.15) is 73.4 Å². The van der Waals surface area contributed by atoms with E-state index in [-0.39, 0.29) is 18.1 Å². The molecule has 4 fully saturated rings. The Hall–Kier alpha value is -2.59. The molecule has 1 aliphatic heterocycles. The van der Waals surface area contributed by atoms with Gasteiger partial charge in [-0.3, -0.25) is 10.1 Å². The summed E-state index contributed by atoms with van der Waals surface area (Å²) >= 11 is 0. The lowest BCUT2D eigenvalue weighted by molar-refractivity contribution is -0.148. The van der Waals surface area contributed by atoms with E-state index in [1.807, 2.05) is 30.3 Å². The molecule has 0 spiro atoms. The number of carbonyl (C=O) groups excluding carboxylic acids is 1. The highest BCUT2D eigenvalue weighted by Gasteiger charge is 2.52. The number of aromatic nitrogens is 1. The standard InChI is InChI=1S/C31H36N2O2/c1-19-7-8-26-24(9-19)25-13-27(30(34)35-18-20-5-3-2-4-6-20)32-28(29(25)33-26)17-31-14-21-10-22(15-31)12-23(11-21)16-31/h2-9,21-23,27-28,32-33H,10-18H2,1H3/t21?,22?,23?,27-,28+,31?/m0/s1. The zero-order chi connectivity index (χ0) is 23.6. The van der Waals surface area contributed by atoms with Gasteiger partial charge in [0.05, 0.1) is 0 Å². The highest BCUT2D eigenvalue weighted by Crippen LogP contribution is 2.62. The highest BCUT2D eigenvalue weighted by molar-refractivity contribution is 5.87. The molecule has 0 saturated heterocycles. The van der Waals surface area contributed by atoms with Crippen molar-refractivity contribution < 1.29 is 9.53 Å². The summed E-state index contributed by atoms with van der Waals surface area (Å²) < 4.78 is 5.83. The number of hydrogen-bond donors (Lipinski definition) is 2. The van der Waals surface area contributed by atoms with E-state index >= 15 is 0 Å². The van der Waals surface area contributed by atoms with Crippen molar-refractivity contribution in [2.24, 2.45) is 23.2 Å². The minimum absolute atomic E-state index is 0.128. The summed E-state index contributed by atoms with van der Waals surface area (Å²) in [4.78, 5) is 17.1. The second-order valence-corrected chi connectivity index (χ2v) is 12.3. The van der Waals surface area contributed by atoms with Crippen LogP contribution in [0, 0.1) is 30.1 Å². The van der Waals surface area contributed by atoms with Gasteiger partial charge in [0.1, 0.15) is 12.6 Å². The number of benzene rings is 2. The number of esters is 1. The van der Waals surface area contributed by atoms with Crippen LogP contribution in [0.15, 0.2) is 48.5 Å². The number of aryl methyl sites for hydroxylation is 1. The minimum Gasteiger partial charge on any atom is -0.460 e. The van der Waals surface area contributed by atoms with Crippen LogP contribution in [0.2, 0.25) is 0 Å². The Labute approximate surface area is 207 Å². The van der Waals surface area contributed by atoms with E-state index in [0.717, 1.165) is 29.7 Å². The highest BCUT2D eigenvalue weighted by atomic mass is 16.5. The number of ether oxygens (including phenoxy) is 1. The van der Waals surface area contributed by atoms with E-state index in [9.17, 15) is 4.79 Å². The zero-order valence-electron chi connectivity index (χ0n) is 20.7. The summed E-state index contributed by atoms with van der Waals surface area (Å²) in [6.45, 7) is 2.48. The van der Waals surface area contributed by atoms with Gasteiger partial charge < -0.3 is 9.72 Å². The monoisotopic (exact) mass is 468 g/mol. The van der Waals surface area contributed by atoms with Crippen LogP contribution in [0.3, 0.4) is 0 Å². The Bertz CT molecular complexity index is 1220. The number of hydrogen-bond acceptors (Lipinski definition) is 3. The summed E-state index contributed by atoms with van der Waals surface area (Å²) in [5.41, 5.74) is 6.56. The molecule has 3 aromatic rings. The van der Waals surface area contributed by atoms with E-state index in [0.29, 0.717) is 18.4 Å². The summed E-state index contributed by atoms with van der Waals surface area (Å²) in [5, 5.41) is 5.07. The maximum absolute atomic E-state index is 13.3. The van der Waals surface area contributed by atoms with Crippen LogP contribution in [0.5, 0.6) is 0 Å². The van der Waals surface area contributed by atoms with E-state index in [1.54, 1.807) is 0 Å². The van der Waals surface area contributed by atoms with Crippen LogP contribution >= 0.6 is 0 Å². The minimum atomic E-state index is -0.301. The molecular weight excluding hydrogens is 432 g/mol. The molecule has 1 aromatic heterocycles. The van der Waals surface area contributed by atoms with Gasteiger partial charge in [0, 0.05) is 29.1 Å². The maximum atomic E-state index is 13.3. The number of aromatic amines is 1. The third-order valence-electron chi connectivity index (χ3n) is 9.56. The van der Waals surface area contributed by atoms with Crippen molar-refractivity contribution in [3.8, 4) is 0 Å². The van der Waals surface area contributed by atoms with Gasteiger partial charge in [-0.25, -0.2) is 0 Å². The fraction of sp³-hybridized carbons (Fsp3) is 0.516. The summed E-state index contributed by atoms with van der Waals surface area (Å²) in [6, 6.07) is 16.5. The van der Waals surface area contributed by atoms with Gasteiger partial charge in [0.2, 0.25) is 0 Å². The number of H-pyrrole nitrogens is 1. The normalized spacial score (nSPS) is 33.1. The first-order valence-electron chi connectivity index (χ1n) is 13.6. The zero-order valence-corrected chi connectivity index (χ0v) is 20.7. The van der Waals surface area contributed by atoms with Gasteiger partial charge in [0.25, 0.3) is 0 Å². The van der Waals surface area contributed by atoms with Crippen LogP contribution in [-0.4, -0.2) is 17.0 Å². The second kappa shape index (κ2) is 8.23. The predicted molar refractivity (Wildman–Crippen MR) is 138 cm³/mol. The van der Waals surface area contributed by atoms with Crippen molar-refractivity contribution in [2.75, 3.05) is 0 Å². The van der Waals surface area contributed by atoms with Gasteiger partial charge in [-0.05, 0) is 98.3 Å². The van der Waals surface area contributed by atoms with Crippen molar-refractivity contribution in [1.29, 1.82) is 0 Å². The average molecular weight is 469 g/mol. The maximum Gasteiger partial charge on any atom is 0.323 e. The molecule has 4 heteroatoms. The molecule has 182 valence electrons. The van der Waals surface area contributed by atoms with E-state index < -0.39 is 0 Å². The van der Waals surface area contributed by atoms with Gasteiger partial charge in [0.15, 0.2) is 0 Å². The molecule has 5 aliphatic rings. The first kappa shape index (κ1) is 21.7. The quantitative estimate of drug-likeness (QED) is 0.427. The Morgan fingerprint density at radius 1 is 1.00 bits per heavy atom. The topological polar surface area (TPSA) is 54.1 Å². The van der Waals surface area contributed by atoms with Crippen molar-refractivity contribution in [3.05, 3.63) is 70.9 Å². The molecule has 8 rings (SSSR count). The Balaban J connectivity index is 1.19. The van der Waals surface area contributed by atoms with Crippen molar-refractivity contribution >= 4 is 16.9 Å². The summed E-state index contributed by atoms with van der Waals surface area (Å²) in [6.07, 6.45) is 10.4. The number of carbonyl (C=O) groups is 1. The predicted octanol–water partition coefficient (Wildman–Crippen LogP) is 6.38. The van der Waals surface area contributed by atoms with E-state index in [4.69, 9.17) is 4.74 Å². The lowest BCUT2D eigenvalue weighted by Crippen LogP contribution is -2.50. The fourth-order valence-electron chi connectivity index (χ4n) is 8.60. The molecule has 4 bridgehead atoms. The molecule has 0 unspecified atom stereocenters. The first-order chi connectivity index (χ1) is 17.0. The molecule has 4 aliphatic carbocycles. The number of rotatable bonds is 5. The van der Waals surface area contributed by atoms with Crippen LogP contribution in [-0.2, 0) is 22.6 Å². The van der Waals surface area contributed by atoms with Crippen LogP contribution in [0.25, 0.3) is 10.9 Å². The van der Waals surface area contributed by atoms with E-state index in [1.165, 1.54) is 66.2 Å². The molecule has 0 amide bonds. The van der Waals surface area contributed by atoms with Crippen molar-refractivity contribution in [3.63, 3.8) is 0 Å². The lowest BCUT2D eigenvalue weighted by Gasteiger charge is -2.58. The third-order valence-corrected chi connectivity index (χ3v) is 9.56. The SMILES string of the molecule is Cc1ccc2[nH]c3c(c2c1)C[C@@H](C(=O)OCc1ccccc1)N[C@@H]3CC12CC3CC(CC(C3)C1)C2. The van der Waals surface area contributed by atoms with Gasteiger partial charge in [-0.15, -0.1) is 0 Å². The van der Waals surface area contributed by atoms with Crippen molar-refractivity contribution in [2.45, 2.75) is 77.0 Å². The molecule has 2 heterocycles. The largest absolute Gasteiger partial charge is 0.460 e. The van der Waals surface area contributed by atoms with Gasteiger partial charge >= 0.3 is 5.97 Å². The average Bonchev–Trinajstić information content (AvgIpc) is 3.20. The molecule has 2 N–H and O–H groups in total. The summed E-state index contributed by atoms with van der Waals surface area (Å²) in [5.74, 6) is 2.67. The third kappa shape index (κ3) is 3.91. The number of nitrogens with one attached hydrogen (secondary N) is 2. The van der Waals surface area contributed by atoms with Gasteiger partial charge in [-0.2, -0.15) is 0 Å². The molecule has 2 aromatic carbocycles. The molecule has 4 saturated carbocycles. The van der Waals surface area contributed by atoms with Gasteiger partial charge in [-0.1, -0.05) is 42.0 Å². The lowest BCUT2D eigenvalue weighted by atomic mass is 9.48. The molecule has 2 atom stereocenters.